The van der Waals surface area contributed by atoms with Gasteiger partial charge in [0.15, 0.2) is 0 Å². The molecule has 4 rings (SSSR count). The van der Waals surface area contributed by atoms with Crippen LogP contribution in [0.1, 0.15) is 72.5 Å². The first kappa shape index (κ1) is 22.3. The summed E-state index contributed by atoms with van der Waals surface area (Å²) >= 11 is 5.93. The van der Waals surface area contributed by atoms with Gasteiger partial charge >= 0.3 is 0 Å². The quantitative estimate of drug-likeness (QED) is 0.677. The second-order valence-corrected chi connectivity index (χ2v) is 9.32. The predicted octanol–water partition coefficient (Wildman–Crippen LogP) is 5.06. The molecule has 0 spiro atoms. The van der Waals surface area contributed by atoms with E-state index in [1.165, 1.54) is 11.6 Å². The molecule has 1 heterocycles. The number of carbonyl (C=O) groups is 1. The number of nitrogens with one attached hydrogen (secondary N) is 1. The van der Waals surface area contributed by atoms with E-state index in [-0.39, 0.29) is 23.1 Å². The summed E-state index contributed by atoms with van der Waals surface area (Å²) in [4.78, 5) is 14.5. The number of piperidine rings is 1. The number of halogens is 2. The van der Waals surface area contributed by atoms with Crippen molar-refractivity contribution in [1.29, 1.82) is 0 Å². The van der Waals surface area contributed by atoms with Crippen molar-refractivity contribution in [2.45, 2.75) is 63.1 Å². The number of carbonyl (C=O) groups excluding carboxylic acids is 1. The average molecular weight is 445 g/mol. The van der Waals surface area contributed by atoms with Crippen LogP contribution in [0.25, 0.3) is 0 Å². The molecule has 2 aliphatic rings. The van der Waals surface area contributed by atoms with Crippen LogP contribution in [0.4, 0.5) is 4.39 Å². The van der Waals surface area contributed by atoms with Gasteiger partial charge in [0.1, 0.15) is 5.82 Å². The zero-order chi connectivity index (χ0) is 22.0. The van der Waals surface area contributed by atoms with Gasteiger partial charge in [0.05, 0.1) is 11.1 Å². The van der Waals surface area contributed by atoms with Gasteiger partial charge in [-0.15, -0.1) is 0 Å². The monoisotopic (exact) mass is 444 g/mol. The first-order chi connectivity index (χ1) is 14.9. The fraction of sp³-hybridized carbons (Fsp3) is 0.480. The van der Waals surface area contributed by atoms with Gasteiger partial charge in [-0.1, -0.05) is 29.8 Å². The Bertz CT molecular complexity index is 912. The summed E-state index contributed by atoms with van der Waals surface area (Å²) in [5.41, 5.74) is 2.98. The maximum absolute atomic E-state index is 13.4. The van der Waals surface area contributed by atoms with Crippen molar-refractivity contribution in [2.75, 3.05) is 13.1 Å². The van der Waals surface area contributed by atoms with Crippen LogP contribution in [0.5, 0.6) is 0 Å². The van der Waals surface area contributed by atoms with E-state index in [0.29, 0.717) is 37.9 Å². The van der Waals surface area contributed by atoms with Crippen LogP contribution in [0.3, 0.4) is 0 Å². The van der Waals surface area contributed by atoms with Crippen LogP contribution >= 0.6 is 11.6 Å². The molecular formula is C25H30ClFN2O2. The first-order valence-corrected chi connectivity index (χ1v) is 11.6. The molecule has 2 fully saturated rings. The fourth-order valence-electron chi connectivity index (χ4n) is 4.82. The van der Waals surface area contributed by atoms with Crippen LogP contribution in [0.15, 0.2) is 42.5 Å². The first-order valence-electron chi connectivity index (χ1n) is 11.2. The number of hydrogen-bond acceptors (Lipinski definition) is 3. The van der Waals surface area contributed by atoms with E-state index in [0.717, 1.165) is 30.4 Å². The second-order valence-electron chi connectivity index (χ2n) is 8.91. The van der Waals surface area contributed by atoms with Crippen LogP contribution in [-0.4, -0.2) is 41.1 Å². The third kappa shape index (κ3) is 5.28. The molecule has 1 aliphatic carbocycles. The molecule has 1 aliphatic heterocycles. The molecule has 4 nitrogen and oxygen atoms in total. The van der Waals surface area contributed by atoms with E-state index in [1.807, 2.05) is 17.0 Å². The van der Waals surface area contributed by atoms with Crippen molar-refractivity contribution in [3.05, 3.63) is 70.0 Å². The highest BCUT2D eigenvalue weighted by Crippen LogP contribution is 2.36. The molecule has 2 aromatic rings. The lowest BCUT2D eigenvalue weighted by Crippen LogP contribution is -2.40. The van der Waals surface area contributed by atoms with Gasteiger partial charge in [-0.3, -0.25) is 4.79 Å². The fourth-order valence-corrected chi connectivity index (χ4v) is 5.01. The van der Waals surface area contributed by atoms with Crippen molar-refractivity contribution in [2.24, 2.45) is 0 Å². The largest absolute Gasteiger partial charge is 0.393 e. The molecule has 1 unspecified atom stereocenters. The van der Waals surface area contributed by atoms with Crippen molar-refractivity contribution in [1.82, 2.24) is 10.2 Å². The average Bonchev–Trinajstić information content (AvgIpc) is 3.24. The molecule has 3 atom stereocenters. The highest BCUT2D eigenvalue weighted by atomic mass is 35.5. The van der Waals surface area contributed by atoms with Crippen molar-refractivity contribution in [3.63, 3.8) is 0 Å². The minimum atomic E-state index is -0.390. The Morgan fingerprint density at radius 1 is 1.13 bits per heavy atom. The second kappa shape index (κ2) is 9.68. The number of aliphatic hydroxyl groups excluding tert-OH is 1. The van der Waals surface area contributed by atoms with Crippen LogP contribution < -0.4 is 5.32 Å². The van der Waals surface area contributed by atoms with Crippen LogP contribution in [0.2, 0.25) is 5.02 Å². The number of amides is 1. The number of likely N-dealkylation sites (tertiary alicyclic amines) is 1. The van der Waals surface area contributed by atoms with Gasteiger partial charge in [0, 0.05) is 30.7 Å². The summed E-state index contributed by atoms with van der Waals surface area (Å²) in [6, 6.07) is 13.4. The molecule has 1 saturated carbocycles. The number of rotatable bonds is 5. The maximum atomic E-state index is 13.4. The molecule has 0 radical (unpaired) electrons. The molecule has 1 saturated heterocycles. The standard InChI is InChI=1S/C25H30ClFN2O2/c1-16(19-7-9-24(27)23(26)15-19)28-21-8-6-20(14-21)17-2-4-18(5-3-17)25(31)29-12-10-22(30)11-13-29/h2-5,7,9,15-16,20-22,28,30H,6,8,10-14H2,1H3/t16-,20-,21?/m1/s1. The van der Waals surface area contributed by atoms with Crippen molar-refractivity contribution >= 4 is 17.5 Å². The Labute approximate surface area is 188 Å². The minimum absolute atomic E-state index is 0.0520. The van der Waals surface area contributed by atoms with E-state index in [2.05, 4.69) is 24.4 Å². The third-order valence-corrected chi connectivity index (χ3v) is 7.03. The number of aliphatic hydroxyl groups is 1. The summed E-state index contributed by atoms with van der Waals surface area (Å²) in [6.45, 7) is 3.32. The Morgan fingerprint density at radius 2 is 1.84 bits per heavy atom. The molecule has 6 heteroatoms. The lowest BCUT2D eigenvalue weighted by Gasteiger charge is -2.29. The van der Waals surface area contributed by atoms with E-state index in [9.17, 15) is 14.3 Å². The SMILES string of the molecule is C[C@@H](NC1CC[C@@H](c2ccc(C(=O)N3CCC(O)CC3)cc2)C1)c1ccc(F)c(Cl)c1. The molecule has 166 valence electrons. The van der Waals surface area contributed by atoms with Gasteiger partial charge in [0.25, 0.3) is 5.91 Å². The van der Waals surface area contributed by atoms with E-state index >= 15 is 0 Å². The van der Waals surface area contributed by atoms with E-state index < -0.39 is 5.82 Å². The summed E-state index contributed by atoms with van der Waals surface area (Å²) in [5.74, 6) is 0.130. The molecule has 2 N–H and O–H groups in total. The summed E-state index contributed by atoms with van der Waals surface area (Å²) in [6.07, 6.45) is 4.26. The highest BCUT2D eigenvalue weighted by Gasteiger charge is 2.28. The topological polar surface area (TPSA) is 52.6 Å². The zero-order valence-corrected chi connectivity index (χ0v) is 18.6. The van der Waals surface area contributed by atoms with Crippen LogP contribution in [-0.2, 0) is 0 Å². The lowest BCUT2D eigenvalue weighted by atomic mass is 9.96. The van der Waals surface area contributed by atoms with Gasteiger partial charge in [-0.25, -0.2) is 4.39 Å². The molecule has 31 heavy (non-hydrogen) atoms. The molecular weight excluding hydrogens is 415 g/mol. The Balaban J connectivity index is 1.32. The van der Waals surface area contributed by atoms with Crippen molar-refractivity contribution < 1.29 is 14.3 Å². The van der Waals surface area contributed by atoms with Gasteiger partial charge < -0.3 is 15.3 Å². The van der Waals surface area contributed by atoms with Crippen LogP contribution in [0, 0.1) is 5.82 Å². The Kier molecular flexibility index (Phi) is 6.95. The molecule has 1 amide bonds. The molecule has 2 aromatic carbocycles. The third-order valence-electron chi connectivity index (χ3n) is 6.74. The number of benzene rings is 2. The normalized spacial score (nSPS) is 23.2. The maximum Gasteiger partial charge on any atom is 0.253 e. The van der Waals surface area contributed by atoms with E-state index in [1.54, 1.807) is 12.1 Å². The van der Waals surface area contributed by atoms with Crippen molar-refractivity contribution in [3.8, 4) is 0 Å². The van der Waals surface area contributed by atoms with E-state index in [4.69, 9.17) is 11.6 Å². The molecule has 0 aromatic heterocycles. The van der Waals surface area contributed by atoms with Gasteiger partial charge in [-0.2, -0.15) is 0 Å². The smallest absolute Gasteiger partial charge is 0.253 e. The minimum Gasteiger partial charge on any atom is -0.393 e. The number of nitrogens with zero attached hydrogens (tertiary/aromatic N) is 1. The Hall–Kier alpha value is -1.95. The lowest BCUT2D eigenvalue weighted by molar-refractivity contribution is 0.0546. The summed E-state index contributed by atoms with van der Waals surface area (Å²) in [5, 5.41) is 13.5. The van der Waals surface area contributed by atoms with Gasteiger partial charge in [-0.05, 0) is 80.3 Å². The number of hydrogen-bond donors (Lipinski definition) is 2. The molecule has 0 bridgehead atoms. The predicted molar refractivity (Wildman–Crippen MR) is 121 cm³/mol. The summed E-state index contributed by atoms with van der Waals surface area (Å²) in [7, 11) is 0. The zero-order valence-electron chi connectivity index (χ0n) is 17.9. The Morgan fingerprint density at radius 3 is 2.52 bits per heavy atom. The summed E-state index contributed by atoms with van der Waals surface area (Å²) < 4.78 is 13.4. The highest BCUT2D eigenvalue weighted by molar-refractivity contribution is 6.30. The van der Waals surface area contributed by atoms with Gasteiger partial charge in [0.2, 0.25) is 0 Å².